The molecular formula is C30H26N6. The average molecular weight is 471 g/mol. The number of aromatic nitrogens is 5. The van der Waals surface area contributed by atoms with Crippen LogP contribution in [-0.4, -0.2) is 37.7 Å². The van der Waals surface area contributed by atoms with Crippen LogP contribution < -0.4 is 5.32 Å². The van der Waals surface area contributed by atoms with E-state index >= 15 is 0 Å². The van der Waals surface area contributed by atoms with Crippen molar-refractivity contribution in [2.24, 2.45) is 5.92 Å². The molecule has 0 bridgehead atoms. The Labute approximate surface area is 209 Å². The number of fused-ring (bicyclic) bond motifs is 3. The van der Waals surface area contributed by atoms with Gasteiger partial charge in [-0.2, -0.15) is 5.10 Å². The normalized spacial score (nSPS) is 24.6. The van der Waals surface area contributed by atoms with Gasteiger partial charge in [-0.25, -0.2) is 4.98 Å². The minimum absolute atomic E-state index is 0.338. The van der Waals surface area contributed by atoms with Gasteiger partial charge in [-0.15, -0.1) is 0 Å². The molecule has 0 spiro atoms. The Hall–Kier alpha value is -4.29. The molecule has 5 heterocycles. The van der Waals surface area contributed by atoms with Gasteiger partial charge in [0.2, 0.25) is 0 Å². The number of hydrogen-bond donors (Lipinski definition) is 3. The molecule has 4 aromatic heterocycles. The lowest BCUT2D eigenvalue weighted by molar-refractivity contribution is 0.566. The Bertz CT molecular complexity index is 1630. The van der Waals surface area contributed by atoms with E-state index in [1.807, 2.05) is 18.3 Å². The molecule has 6 heteroatoms. The zero-order chi connectivity index (χ0) is 24.1. The van der Waals surface area contributed by atoms with Crippen LogP contribution in [0.3, 0.4) is 0 Å². The van der Waals surface area contributed by atoms with E-state index in [1.165, 1.54) is 5.57 Å². The summed E-state index contributed by atoms with van der Waals surface area (Å²) in [4.78, 5) is 13.3. The molecule has 3 N–H and O–H groups in total. The Balaban J connectivity index is 1.32. The zero-order valence-corrected chi connectivity index (χ0v) is 20.0. The number of pyridine rings is 2. The molecule has 0 aromatic carbocycles. The van der Waals surface area contributed by atoms with E-state index in [2.05, 4.69) is 99.2 Å². The summed E-state index contributed by atoms with van der Waals surface area (Å²) < 4.78 is 0. The van der Waals surface area contributed by atoms with Gasteiger partial charge in [-0.3, -0.25) is 10.1 Å². The monoisotopic (exact) mass is 470 g/mol. The summed E-state index contributed by atoms with van der Waals surface area (Å²) in [6, 6.07) is 12.7. The van der Waals surface area contributed by atoms with Crippen molar-refractivity contribution >= 4 is 22.2 Å². The fraction of sp³-hybridized carbons (Fsp3) is 0.167. The molecule has 1 aliphatic heterocycles. The standard InChI is InChI=1S/C30H26N6/c1-18-9-10-23-20(17-32-23)15-19(14-18)24-11-12-27-29(34-24)30(36-35-27)28-16-22-21(25-7-4-5-13-31-25)6-2-3-8-26(22)33-28/h2-7,9-16,18,23,32-33H,8,17H2,1H3,(H,35,36)/b10-9+,19-14+,20-15-/t18-,23?/m0/s1. The molecular weight excluding hydrogens is 444 g/mol. The maximum absolute atomic E-state index is 5.12. The Morgan fingerprint density at radius 2 is 2.03 bits per heavy atom. The highest BCUT2D eigenvalue weighted by atomic mass is 15.1. The van der Waals surface area contributed by atoms with E-state index in [-0.39, 0.29) is 0 Å². The first kappa shape index (κ1) is 21.0. The molecule has 4 aromatic rings. The maximum Gasteiger partial charge on any atom is 0.135 e. The number of nitrogens with zero attached hydrogens (tertiary/aromatic N) is 3. The molecule has 1 saturated heterocycles. The first-order valence-electron chi connectivity index (χ1n) is 12.4. The molecule has 6 nitrogen and oxygen atoms in total. The van der Waals surface area contributed by atoms with Gasteiger partial charge >= 0.3 is 0 Å². The summed E-state index contributed by atoms with van der Waals surface area (Å²) in [6.45, 7) is 3.14. The van der Waals surface area contributed by atoms with E-state index in [4.69, 9.17) is 4.98 Å². The summed E-state index contributed by atoms with van der Waals surface area (Å²) in [5.41, 5.74) is 11.5. The lowest BCUT2D eigenvalue weighted by atomic mass is 9.90. The van der Waals surface area contributed by atoms with E-state index < -0.39 is 0 Å². The van der Waals surface area contributed by atoms with Crippen LogP contribution in [0.25, 0.3) is 33.6 Å². The predicted molar refractivity (Wildman–Crippen MR) is 144 cm³/mol. The van der Waals surface area contributed by atoms with Crippen molar-refractivity contribution in [3.8, 4) is 11.4 Å². The second kappa shape index (κ2) is 8.43. The molecule has 0 saturated carbocycles. The van der Waals surface area contributed by atoms with Crippen LogP contribution in [0, 0.1) is 5.92 Å². The van der Waals surface area contributed by atoms with Crippen LogP contribution in [-0.2, 0) is 6.42 Å². The zero-order valence-electron chi connectivity index (χ0n) is 20.0. The minimum Gasteiger partial charge on any atom is -0.356 e. The van der Waals surface area contributed by atoms with Crippen LogP contribution in [0.5, 0.6) is 0 Å². The lowest BCUT2D eigenvalue weighted by Crippen LogP contribution is -2.44. The number of aromatic amines is 2. The molecule has 2 aliphatic carbocycles. The van der Waals surface area contributed by atoms with Gasteiger partial charge in [-0.1, -0.05) is 55.5 Å². The molecule has 176 valence electrons. The third-order valence-corrected chi connectivity index (χ3v) is 7.13. The first-order chi connectivity index (χ1) is 17.7. The number of nitrogens with one attached hydrogen (secondary N) is 3. The first-order valence-corrected chi connectivity index (χ1v) is 12.4. The minimum atomic E-state index is 0.338. The smallest absolute Gasteiger partial charge is 0.135 e. The molecule has 1 unspecified atom stereocenters. The highest BCUT2D eigenvalue weighted by molar-refractivity contribution is 5.92. The molecule has 3 aliphatic rings. The number of H-pyrrole nitrogens is 2. The molecule has 1 fully saturated rings. The average Bonchev–Trinajstić information content (AvgIpc) is 3.44. The van der Waals surface area contributed by atoms with E-state index in [1.54, 1.807) is 0 Å². The van der Waals surface area contributed by atoms with Crippen molar-refractivity contribution < 1.29 is 0 Å². The summed E-state index contributed by atoms with van der Waals surface area (Å²) in [5, 5.41) is 11.3. The second-order valence-corrected chi connectivity index (χ2v) is 9.61. The fourth-order valence-electron chi connectivity index (χ4n) is 5.16. The molecule has 7 rings (SSSR count). The van der Waals surface area contributed by atoms with Crippen LogP contribution in [0.2, 0.25) is 0 Å². The van der Waals surface area contributed by atoms with Crippen LogP contribution in [0.4, 0.5) is 0 Å². The van der Waals surface area contributed by atoms with Crippen molar-refractivity contribution in [3.63, 3.8) is 0 Å². The van der Waals surface area contributed by atoms with Crippen LogP contribution in [0.15, 0.2) is 90.7 Å². The van der Waals surface area contributed by atoms with Gasteiger partial charge in [-0.05, 0) is 47.4 Å². The van der Waals surface area contributed by atoms with Crippen LogP contribution in [0.1, 0.15) is 29.6 Å². The fourth-order valence-corrected chi connectivity index (χ4v) is 5.16. The second-order valence-electron chi connectivity index (χ2n) is 9.61. The summed E-state index contributed by atoms with van der Waals surface area (Å²) >= 11 is 0. The van der Waals surface area contributed by atoms with E-state index in [0.29, 0.717) is 12.0 Å². The predicted octanol–water partition coefficient (Wildman–Crippen LogP) is 5.38. The van der Waals surface area contributed by atoms with Gasteiger partial charge in [0, 0.05) is 42.0 Å². The Morgan fingerprint density at radius 3 is 2.89 bits per heavy atom. The van der Waals surface area contributed by atoms with Crippen molar-refractivity contribution in [2.45, 2.75) is 19.4 Å². The topological polar surface area (TPSA) is 82.3 Å². The summed E-state index contributed by atoms with van der Waals surface area (Å²) in [5.74, 6) is 0.338. The highest BCUT2D eigenvalue weighted by Crippen LogP contribution is 2.34. The number of hydrogen-bond acceptors (Lipinski definition) is 4. The number of allylic oxidation sites excluding steroid dienone is 7. The molecule has 0 radical (unpaired) electrons. The van der Waals surface area contributed by atoms with Crippen LogP contribution >= 0.6 is 0 Å². The Kier molecular flexibility index (Phi) is 4.92. The van der Waals surface area contributed by atoms with Crippen molar-refractivity contribution in [1.29, 1.82) is 0 Å². The third-order valence-electron chi connectivity index (χ3n) is 7.13. The summed E-state index contributed by atoms with van der Waals surface area (Å²) in [7, 11) is 0. The third kappa shape index (κ3) is 3.58. The molecule has 36 heavy (non-hydrogen) atoms. The SMILES string of the molecule is C[C@H]1/C=C/C2NC/C2=C/C(c2ccc3[nH]nc(-c4cc5c([nH]4)CC=CC=C5c4ccccn4)c3n2)=C\1. The van der Waals surface area contributed by atoms with Gasteiger partial charge in [0.25, 0.3) is 0 Å². The van der Waals surface area contributed by atoms with Crippen molar-refractivity contribution in [2.75, 3.05) is 6.54 Å². The van der Waals surface area contributed by atoms with Crippen molar-refractivity contribution in [3.05, 3.63) is 113 Å². The maximum atomic E-state index is 5.12. The Morgan fingerprint density at radius 1 is 1.06 bits per heavy atom. The van der Waals surface area contributed by atoms with E-state index in [0.717, 1.165) is 69.2 Å². The van der Waals surface area contributed by atoms with Gasteiger partial charge in [0.05, 0.1) is 22.6 Å². The van der Waals surface area contributed by atoms with E-state index in [9.17, 15) is 0 Å². The van der Waals surface area contributed by atoms with Gasteiger partial charge in [0.1, 0.15) is 11.2 Å². The number of rotatable bonds is 3. The largest absolute Gasteiger partial charge is 0.356 e. The molecule has 0 amide bonds. The van der Waals surface area contributed by atoms with Gasteiger partial charge in [0.15, 0.2) is 0 Å². The van der Waals surface area contributed by atoms with Gasteiger partial charge < -0.3 is 10.3 Å². The summed E-state index contributed by atoms with van der Waals surface area (Å²) in [6.07, 6.45) is 18.2. The highest BCUT2D eigenvalue weighted by Gasteiger charge is 2.23. The van der Waals surface area contributed by atoms with Crippen molar-refractivity contribution in [1.82, 2.24) is 30.5 Å². The lowest BCUT2D eigenvalue weighted by Gasteiger charge is -2.31. The molecule has 2 atom stereocenters. The quantitative estimate of drug-likeness (QED) is 0.351.